The third kappa shape index (κ3) is 5.54. The molecule has 0 amide bonds. The number of Topliss-reactive ketones (excluding diaryl/α,β-unsaturated/α-hetero) is 1. The van der Waals surface area contributed by atoms with Gasteiger partial charge in [0.05, 0.1) is 12.6 Å². The van der Waals surface area contributed by atoms with Crippen molar-refractivity contribution in [2.45, 2.75) is 44.6 Å². The van der Waals surface area contributed by atoms with Gasteiger partial charge in [-0.05, 0) is 66.8 Å². The number of benzene rings is 2. The maximum Gasteiger partial charge on any atom is 0.146 e. The maximum atomic E-state index is 11.4. The zero-order valence-electron chi connectivity index (χ0n) is 16.4. The number of ketones is 1. The van der Waals surface area contributed by atoms with E-state index in [9.17, 15) is 9.90 Å². The van der Waals surface area contributed by atoms with E-state index in [4.69, 9.17) is 5.73 Å². The standard InChI is InChI=1S/C24H30N2O2/c1-17(19-8-13-23(27)14-9-19)26-22-10-6-20(7-11-22)21-4-2-3-18(15-21)5-12-24(28)16-25/h2-4,6-7,10-11,15,19,23,26-27H,1,5,8-9,12-14,16,25H2/t19-,23+. The minimum atomic E-state index is -0.146. The van der Waals surface area contributed by atoms with Crippen molar-refractivity contribution in [1.29, 1.82) is 0 Å². The van der Waals surface area contributed by atoms with Gasteiger partial charge in [0.15, 0.2) is 0 Å². The molecular weight excluding hydrogens is 348 g/mol. The summed E-state index contributed by atoms with van der Waals surface area (Å²) < 4.78 is 0. The van der Waals surface area contributed by atoms with Gasteiger partial charge in [0.2, 0.25) is 0 Å². The van der Waals surface area contributed by atoms with Crippen molar-refractivity contribution >= 4 is 11.5 Å². The molecule has 1 aliphatic carbocycles. The lowest BCUT2D eigenvalue weighted by Gasteiger charge is -2.27. The summed E-state index contributed by atoms with van der Waals surface area (Å²) in [5.74, 6) is 0.518. The van der Waals surface area contributed by atoms with Crippen LogP contribution in [0, 0.1) is 5.92 Å². The molecule has 1 aliphatic rings. The van der Waals surface area contributed by atoms with Crippen LogP contribution in [0.5, 0.6) is 0 Å². The van der Waals surface area contributed by atoms with Crippen molar-refractivity contribution in [1.82, 2.24) is 0 Å². The molecule has 3 rings (SSSR count). The van der Waals surface area contributed by atoms with Gasteiger partial charge in [-0.15, -0.1) is 0 Å². The third-order valence-corrected chi connectivity index (χ3v) is 5.56. The number of carbonyl (C=O) groups excluding carboxylic acids is 1. The molecule has 4 N–H and O–H groups in total. The summed E-state index contributed by atoms with van der Waals surface area (Å²) in [5.41, 5.74) is 10.9. The van der Waals surface area contributed by atoms with Crippen LogP contribution in [0.25, 0.3) is 11.1 Å². The predicted molar refractivity (Wildman–Crippen MR) is 115 cm³/mol. The Morgan fingerprint density at radius 3 is 2.46 bits per heavy atom. The second-order valence-electron chi connectivity index (χ2n) is 7.68. The molecule has 0 saturated heterocycles. The van der Waals surface area contributed by atoms with E-state index < -0.39 is 0 Å². The number of aliphatic hydroxyl groups is 1. The van der Waals surface area contributed by atoms with E-state index in [0.717, 1.165) is 60.2 Å². The molecule has 0 aliphatic heterocycles. The van der Waals surface area contributed by atoms with Crippen molar-refractivity contribution < 1.29 is 9.90 Å². The van der Waals surface area contributed by atoms with Gasteiger partial charge in [-0.25, -0.2) is 0 Å². The summed E-state index contributed by atoms with van der Waals surface area (Å²) in [6.07, 6.45) is 4.76. The van der Waals surface area contributed by atoms with E-state index >= 15 is 0 Å². The van der Waals surface area contributed by atoms with Gasteiger partial charge in [0, 0.05) is 17.8 Å². The molecule has 1 saturated carbocycles. The van der Waals surface area contributed by atoms with E-state index in [2.05, 4.69) is 48.3 Å². The fourth-order valence-corrected chi connectivity index (χ4v) is 3.75. The SMILES string of the molecule is C=C(Nc1ccc(-c2cccc(CCC(=O)CN)c2)cc1)[C@H]1CC[C@@H](O)CC1. The maximum absolute atomic E-state index is 11.4. The van der Waals surface area contributed by atoms with Gasteiger partial charge in [-0.2, -0.15) is 0 Å². The second-order valence-corrected chi connectivity index (χ2v) is 7.68. The highest BCUT2D eigenvalue weighted by Crippen LogP contribution is 2.30. The number of aryl methyl sites for hydroxylation is 1. The van der Waals surface area contributed by atoms with E-state index in [1.807, 2.05) is 12.1 Å². The predicted octanol–water partition coefficient (Wildman–Crippen LogP) is 4.29. The van der Waals surface area contributed by atoms with Gasteiger partial charge >= 0.3 is 0 Å². The zero-order valence-corrected chi connectivity index (χ0v) is 16.4. The number of hydrogen-bond donors (Lipinski definition) is 3. The van der Waals surface area contributed by atoms with Crippen molar-refractivity contribution in [3.05, 3.63) is 66.4 Å². The zero-order chi connectivity index (χ0) is 19.9. The molecule has 2 aromatic rings. The van der Waals surface area contributed by atoms with Crippen molar-refractivity contribution in [2.75, 3.05) is 11.9 Å². The molecule has 0 atom stereocenters. The van der Waals surface area contributed by atoms with Crippen molar-refractivity contribution in [3.63, 3.8) is 0 Å². The highest BCUT2D eigenvalue weighted by molar-refractivity contribution is 5.80. The molecule has 0 radical (unpaired) electrons. The summed E-state index contributed by atoms with van der Waals surface area (Å²) in [4.78, 5) is 11.4. The van der Waals surface area contributed by atoms with Gasteiger partial charge in [-0.3, -0.25) is 4.79 Å². The second kappa shape index (κ2) is 9.67. The first-order chi connectivity index (χ1) is 13.5. The summed E-state index contributed by atoms with van der Waals surface area (Å²) >= 11 is 0. The monoisotopic (exact) mass is 378 g/mol. The van der Waals surface area contributed by atoms with E-state index in [-0.39, 0.29) is 18.4 Å². The first-order valence-electron chi connectivity index (χ1n) is 10.1. The minimum Gasteiger partial charge on any atom is -0.393 e. The number of anilines is 1. The number of rotatable bonds is 8. The van der Waals surface area contributed by atoms with Crippen molar-refractivity contribution in [3.8, 4) is 11.1 Å². The molecule has 0 spiro atoms. The Balaban J connectivity index is 1.61. The molecule has 0 bridgehead atoms. The fourth-order valence-electron chi connectivity index (χ4n) is 3.75. The lowest BCUT2D eigenvalue weighted by atomic mass is 9.85. The topological polar surface area (TPSA) is 75.4 Å². The van der Waals surface area contributed by atoms with Crippen LogP contribution in [0.3, 0.4) is 0 Å². The average molecular weight is 379 g/mol. The highest BCUT2D eigenvalue weighted by Gasteiger charge is 2.21. The fraction of sp³-hybridized carbons (Fsp3) is 0.375. The number of aliphatic hydroxyl groups excluding tert-OH is 1. The molecule has 1 fully saturated rings. The van der Waals surface area contributed by atoms with Gasteiger partial charge in [0.1, 0.15) is 5.78 Å². The summed E-state index contributed by atoms with van der Waals surface area (Å²) in [5, 5.41) is 13.1. The van der Waals surface area contributed by atoms with Crippen LogP contribution in [-0.2, 0) is 11.2 Å². The van der Waals surface area contributed by atoms with Crippen LogP contribution in [-0.4, -0.2) is 23.5 Å². The number of nitrogens with one attached hydrogen (secondary N) is 1. The smallest absolute Gasteiger partial charge is 0.146 e. The molecule has 2 aromatic carbocycles. The summed E-state index contributed by atoms with van der Waals surface area (Å²) in [7, 11) is 0. The largest absolute Gasteiger partial charge is 0.393 e. The number of carbonyl (C=O) groups is 1. The van der Waals surface area contributed by atoms with Crippen molar-refractivity contribution in [2.24, 2.45) is 11.7 Å². The normalized spacial score (nSPS) is 19.2. The number of allylic oxidation sites excluding steroid dienone is 1. The first kappa shape index (κ1) is 20.3. The molecule has 0 heterocycles. The van der Waals surface area contributed by atoms with Crippen LogP contribution in [0.2, 0.25) is 0 Å². The molecular formula is C24H30N2O2. The minimum absolute atomic E-state index is 0.0912. The van der Waals surface area contributed by atoms with Crippen LogP contribution >= 0.6 is 0 Å². The van der Waals surface area contributed by atoms with Gasteiger partial charge in [-0.1, -0.05) is 43.0 Å². The third-order valence-electron chi connectivity index (χ3n) is 5.56. The Bertz CT molecular complexity index is 806. The number of hydrogen-bond acceptors (Lipinski definition) is 4. The molecule has 4 heteroatoms. The average Bonchev–Trinajstić information content (AvgIpc) is 2.73. The first-order valence-corrected chi connectivity index (χ1v) is 10.1. The Labute approximate surface area is 167 Å². The molecule has 0 unspecified atom stereocenters. The van der Waals surface area contributed by atoms with E-state index in [1.165, 1.54) is 0 Å². The van der Waals surface area contributed by atoms with Gasteiger partial charge < -0.3 is 16.2 Å². The number of nitrogens with two attached hydrogens (primary N) is 1. The highest BCUT2D eigenvalue weighted by atomic mass is 16.3. The molecule has 28 heavy (non-hydrogen) atoms. The van der Waals surface area contributed by atoms with Gasteiger partial charge in [0.25, 0.3) is 0 Å². The summed E-state index contributed by atoms with van der Waals surface area (Å²) in [6.45, 7) is 4.32. The van der Waals surface area contributed by atoms with Crippen LogP contribution < -0.4 is 11.1 Å². The quantitative estimate of drug-likeness (QED) is 0.640. The lowest BCUT2D eigenvalue weighted by molar-refractivity contribution is -0.117. The summed E-state index contributed by atoms with van der Waals surface area (Å²) in [6, 6.07) is 16.7. The van der Waals surface area contributed by atoms with E-state index in [0.29, 0.717) is 12.3 Å². The lowest BCUT2D eigenvalue weighted by Crippen LogP contribution is -2.21. The van der Waals surface area contributed by atoms with E-state index in [1.54, 1.807) is 0 Å². The molecule has 148 valence electrons. The molecule has 4 nitrogen and oxygen atoms in total. The Morgan fingerprint density at radius 2 is 1.79 bits per heavy atom. The van der Waals surface area contributed by atoms with Crippen LogP contribution in [0.4, 0.5) is 5.69 Å². The Hall–Kier alpha value is -2.43. The Morgan fingerprint density at radius 1 is 1.07 bits per heavy atom. The van der Waals surface area contributed by atoms with Crippen LogP contribution in [0.15, 0.2) is 60.8 Å². The molecule has 0 aromatic heterocycles. The Kier molecular flexibility index (Phi) is 7.01. The van der Waals surface area contributed by atoms with Crippen LogP contribution in [0.1, 0.15) is 37.7 Å².